The molecule has 18 heavy (non-hydrogen) atoms. The predicted octanol–water partition coefficient (Wildman–Crippen LogP) is 4.29. The number of benzene rings is 1. The summed E-state index contributed by atoms with van der Waals surface area (Å²) in [5.41, 5.74) is 4.65. The summed E-state index contributed by atoms with van der Waals surface area (Å²) in [6.07, 6.45) is 2.44. The molecule has 1 aromatic heterocycles. The van der Waals surface area contributed by atoms with Crippen LogP contribution in [0.5, 0.6) is 0 Å². The molecule has 1 fully saturated rings. The van der Waals surface area contributed by atoms with E-state index in [1.54, 1.807) is 0 Å². The lowest BCUT2D eigenvalue weighted by Gasteiger charge is -2.09. The second-order valence-electron chi connectivity index (χ2n) is 4.96. The van der Waals surface area contributed by atoms with Crippen molar-refractivity contribution in [2.45, 2.75) is 32.6 Å². The molecule has 0 atom stereocenters. The lowest BCUT2D eigenvalue weighted by atomic mass is 10.0. The van der Waals surface area contributed by atoms with Crippen molar-refractivity contribution in [2.24, 2.45) is 0 Å². The quantitative estimate of drug-likeness (QED) is 0.751. The van der Waals surface area contributed by atoms with Crippen molar-refractivity contribution in [1.82, 2.24) is 9.97 Å². The van der Waals surface area contributed by atoms with E-state index in [0.717, 1.165) is 17.1 Å². The van der Waals surface area contributed by atoms with E-state index in [2.05, 4.69) is 35.9 Å². The Hall–Kier alpha value is -1.41. The first kappa shape index (κ1) is 11.7. The summed E-state index contributed by atoms with van der Waals surface area (Å²) in [4.78, 5) is 9.04. The highest BCUT2D eigenvalue weighted by molar-refractivity contribution is 6.29. The molecule has 1 heterocycles. The summed E-state index contributed by atoms with van der Waals surface area (Å²) < 4.78 is 0. The number of halogens is 1. The standard InChI is InChI=1S/C15H15ClN2/c1-9-4-3-5-12(10(9)2)15-17-13(11-6-7-11)8-14(16)18-15/h3-5,8,11H,6-7H2,1-2H3. The van der Waals surface area contributed by atoms with Gasteiger partial charge in [-0.2, -0.15) is 0 Å². The number of hydrogen-bond donors (Lipinski definition) is 0. The van der Waals surface area contributed by atoms with E-state index in [9.17, 15) is 0 Å². The average Bonchev–Trinajstić information content (AvgIpc) is 3.16. The van der Waals surface area contributed by atoms with Crippen molar-refractivity contribution in [3.63, 3.8) is 0 Å². The molecule has 0 aliphatic heterocycles. The van der Waals surface area contributed by atoms with E-state index in [1.165, 1.54) is 24.0 Å². The van der Waals surface area contributed by atoms with Gasteiger partial charge in [0.25, 0.3) is 0 Å². The lowest BCUT2D eigenvalue weighted by Crippen LogP contribution is -1.97. The Balaban J connectivity index is 2.13. The van der Waals surface area contributed by atoms with Crippen LogP contribution in [-0.2, 0) is 0 Å². The van der Waals surface area contributed by atoms with Crippen molar-refractivity contribution in [2.75, 3.05) is 0 Å². The van der Waals surface area contributed by atoms with Gasteiger partial charge in [0.2, 0.25) is 0 Å². The van der Waals surface area contributed by atoms with Gasteiger partial charge in [0.1, 0.15) is 5.15 Å². The van der Waals surface area contributed by atoms with Gasteiger partial charge in [-0.3, -0.25) is 0 Å². The smallest absolute Gasteiger partial charge is 0.161 e. The minimum atomic E-state index is 0.544. The third kappa shape index (κ3) is 2.13. The van der Waals surface area contributed by atoms with Crippen LogP contribution in [-0.4, -0.2) is 9.97 Å². The van der Waals surface area contributed by atoms with E-state index in [0.29, 0.717) is 11.1 Å². The Bertz CT molecular complexity index is 603. The summed E-state index contributed by atoms with van der Waals surface area (Å²) in [6.45, 7) is 4.21. The van der Waals surface area contributed by atoms with E-state index < -0.39 is 0 Å². The number of aryl methyl sites for hydroxylation is 1. The molecule has 1 saturated carbocycles. The summed E-state index contributed by atoms with van der Waals surface area (Å²) in [5, 5.41) is 0.544. The largest absolute Gasteiger partial charge is 0.233 e. The zero-order chi connectivity index (χ0) is 12.7. The molecule has 0 bridgehead atoms. The van der Waals surface area contributed by atoms with Gasteiger partial charge in [0, 0.05) is 17.2 Å². The SMILES string of the molecule is Cc1cccc(-c2nc(Cl)cc(C3CC3)n2)c1C. The van der Waals surface area contributed by atoms with Gasteiger partial charge in [-0.05, 0) is 43.9 Å². The van der Waals surface area contributed by atoms with E-state index in [-0.39, 0.29) is 0 Å². The topological polar surface area (TPSA) is 25.8 Å². The van der Waals surface area contributed by atoms with Gasteiger partial charge in [0.15, 0.2) is 5.82 Å². The molecule has 0 N–H and O–H groups in total. The van der Waals surface area contributed by atoms with Crippen LogP contribution in [0.25, 0.3) is 11.4 Å². The number of nitrogens with zero attached hydrogens (tertiary/aromatic N) is 2. The lowest BCUT2D eigenvalue weighted by molar-refractivity contribution is 0.992. The van der Waals surface area contributed by atoms with Crippen LogP contribution in [0.3, 0.4) is 0 Å². The molecule has 3 heteroatoms. The minimum Gasteiger partial charge on any atom is -0.233 e. The average molecular weight is 259 g/mol. The van der Waals surface area contributed by atoms with Crippen LogP contribution >= 0.6 is 11.6 Å². The van der Waals surface area contributed by atoms with Crippen LogP contribution in [0.15, 0.2) is 24.3 Å². The van der Waals surface area contributed by atoms with Crippen molar-refractivity contribution in [3.8, 4) is 11.4 Å². The van der Waals surface area contributed by atoms with Crippen molar-refractivity contribution < 1.29 is 0 Å². The second-order valence-corrected chi connectivity index (χ2v) is 5.35. The molecule has 2 aromatic rings. The van der Waals surface area contributed by atoms with E-state index in [4.69, 9.17) is 11.6 Å². The van der Waals surface area contributed by atoms with Gasteiger partial charge in [-0.15, -0.1) is 0 Å². The number of rotatable bonds is 2. The molecule has 0 radical (unpaired) electrons. The van der Waals surface area contributed by atoms with Crippen LogP contribution in [0.1, 0.15) is 35.6 Å². The highest BCUT2D eigenvalue weighted by Gasteiger charge is 2.26. The maximum absolute atomic E-state index is 6.11. The molecular formula is C15H15ClN2. The van der Waals surface area contributed by atoms with Crippen molar-refractivity contribution >= 4 is 11.6 Å². The zero-order valence-corrected chi connectivity index (χ0v) is 11.3. The fourth-order valence-electron chi connectivity index (χ4n) is 2.14. The molecule has 1 aromatic carbocycles. The van der Waals surface area contributed by atoms with Crippen LogP contribution in [0.4, 0.5) is 0 Å². The molecule has 1 aliphatic carbocycles. The van der Waals surface area contributed by atoms with Gasteiger partial charge in [0.05, 0.1) is 0 Å². The normalized spacial score (nSPS) is 14.8. The molecule has 0 unspecified atom stereocenters. The number of aromatic nitrogens is 2. The third-order valence-corrected chi connectivity index (χ3v) is 3.75. The first-order valence-corrected chi connectivity index (χ1v) is 6.64. The third-order valence-electron chi connectivity index (χ3n) is 3.56. The monoisotopic (exact) mass is 258 g/mol. The molecule has 0 spiro atoms. The van der Waals surface area contributed by atoms with Crippen LogP contribution < -0.4 is 0 Å². The molecular weight excluding hydrogens is 244 g/mol. The summed E-state index contributed by atoms with van der Waals surface area (Å²) in [7, 11) is 0. The zero-order valence-electron chi connectivity index (χ0n) is 10.6. The molecule has 92 valence electrons. The van der Waals surface area contributed by atoms with Crippen LogP contribution in [0.2, 0.25) is 5.15 Å². The Morgan fingerprint density at radius 2 is 1.94 bits per heavy atom. The maximum atomic E-state index is 6.11. The fourth-order valence-corrected chi connectivity index (χ4v) is 2.33. The first-order valence-electron chi connectivity index (χ1n) is 6.26. The predicted molar refractivity (Wildman–Crippen MR) is 73.9 cm³/mol. The van der Waals surface area contributed by atoms with Gasteiger partial charge >= 0.3 is 0 Å². The highest BCUT2D eigenvalue weighted by atomic mass is 35.5. The molecule has 3 rings (SSSR count). The molecule has 0 saturated heterocycles. The minimum absolute atomic E-state index is 0.544. The molecule has 0 amide bonds. The fraction of sp³-hybridized carbons (Fsp3) is 0.333. The summed E-state index contributed by atoms with van der Waals surface area (Å²) in [6, 6.07) is 8.10. The number of hydrogen-bond acceptors (Lipinski definition) is 2. The Kier molecular flexibility index (Phi) is 2.83. The van der Waals surface area contributed by atoms with Gasteiger partial charge in [-0.1, -0.05) is 29.8 Å². The first-order chi connectivity index (χ1) is 8.65. The highest BCUT2D eigenvalue weighted by Crippen LogP contribution is 2.40. The van der Waals surface area contributed by atoms with Crippen molar-refractivity contribution in [1.29, 1.82) is 0 Å². The van der Waals surface area contributed by atoms with E-state index >= 15 is 0 Å². The second kappa shape index (κ2) is 4.36. The van der Waals surface area contributed by atoms with Gasteiger partial charge in [-0.25, -0.2) is 9.97 Å². The van der Waals surface area contributed by atoms with E-state index in [1.807, 2.05) is 12.1 Å². The molecule has 1 aliphatic rings. The van der Waals surface area contributed by atoms with Crippen LogP contribution in [0, 0.1) is 13.8 Å². The summed E-state index contributed by atoms with van der Waals surface area (Å²) in [5.74, 6) is 1.35. The Morgan fingerprint density at radius 1 is 1.17 bits per heavy atom. The molecule has 2 nitrogen and oxygen atoms in total. The van der Waals surface area contributed by atoms with Gasteiger partial charge < -0.3 is 0 Å². The van der Waals surface area contributed by atoms with Crippen molar-refractivity contribution in [3.05, 3.63) is 46.2 Å². The maximum Gasteiger partial charge on any atom is 0.161 e. The summed E-state index contributed by atoms with van der Waals surface area (Å²) >= 11 is 6.11. The Labute approximate surface area is 112 Å². The Morgan fingerprint density at radius 3 is 2.67 bits per heavy atom.